The molecule has 0 atom stereocenters. The average molecular weight is 411 g/mol. The molecule has 13 heteroatoms. The van der Waals surface area contributed by atoms with Gasteiger partial charge in [0.05, 0.1) is 12.8 Å². The summed E-state index contributed by atoms with van der Waals surface area (Å²) in [7, 11) is 1.68. The molecule has 0 aliphatic rings. The van der Waals surface area contributed by atoms with Crippen molar-refractivity contribution < 1.29 is 45.2 Å². The molecule has 0 N–H and O–H groups in total. The number of carbonyl (C=O) groups is 2. The highest BCUT2D eigenvalue weighted by molar-refractivity contribution is 6.30. The Morgan fingerprint density at radius 1 is 1.00 bits per heavy atom. The standard InChI is InChI=1S/C13H10ClF7N2O3/c1-22(26-2)10(25)23(8-5-3-7(14)4-6-8)9(24)11(15,16)12(17,18)13(19,20)21/h3-6H,1-2H3. The number of rotatable bonds is 4. The fourth-order valence-corrected chi connectivity index (χ4v) is 1.70. The zero-order valence-corrected chi connectivity index (χ0v) is 13.7. The van der Waals surface area contributed by atoms with Crippen LogP contribution in [-0.2, 0) is 9.63 Å². The van der Waals surface area contributed by atoms with E-state index >= 15 is 0 Å². The van der Waals surface area contributed by atoms with Gasteiger partial charge in [0.2, 0.25) is 0 Å². The normalized spacial score (nSPS) is 12.7. The third-order valence-corrected chi connectivity index (χ3v) is 3.29. The highest BCUT2D eigenvalue weighted by atomic mass is 35.5. The van der Waals surface area contributed by atoms with E-state index in [4.69, 9.17) is 11.6 Å². The lowest BCUT2D eigenvalue weighted by atomic mass is 10.1. The maximum absolute atomic E-state index is 13.7. The molecule has 0 aromatic heterocycles. The zero-order chi connectivity index (χ0) is 20.5. The third kappa shape index (κ3) is 3.85. The Morgan fingerprint density at radius 2 is 1.46 bits per heavy atom. The summed E-state index contributed by atoms with van der Waals surface area (Å²) in [4.78, 5) is 27.7. The first-order valence-electron chi connectivity index (χ1n) is 6.42. The molecule has 0 radical (unpaired) electrons. The van der Waals surface area contributed by atoms with Crippen molar-refractivity contribution in [3.05, 3.63) is 29.3 Å². The minimum absolute atomic E-state index is 0.0149. The molecule has 3 amide bonds. The number of benzene rings is 1. The number of nitrogens with zero attached hydrogens (tertiary/aromatic N) is 2. The van der Waals surface area contributed by atoms with Crippen LogP contribution in [0.25, 0.3) is 0 Å². The van der Waals surface area contributed by atoms with Crippen LogP contribution in [-0.4, -0.2) is 49.2 Å². The van der Waals surface area contributed by atoms with E-state index in [1.54, 1.807) is 0 Å². The van der Waals surface area contributed by atoms with Crippen LogP contribution in [0.2, 0.25) is 5.02 Å². The molecule has 0 bridgehead atoms. The fraction of sp³-hybridized carbons (Fsp3) is 0.385. The minimum atomic E-state index is -6.74. The maximum Gasteiger partial charge on any atom is 0.460 e. The SMILES string of the molecule is CON(C)C(=O)N(C(=O)C(F)(F)C(F)(F)C(F)(F)F)c1ccc(Cl)cc1. The summed E-state index contributed by atoms with van der Waals surface area (Å²) in [5, 5.41) is 0.190. The van der Waals surface area contributed by atoms with E-state index in [1.165, 1.54) is 0 Å². The van der Waals surface area contributed by atoms with Crippen LogP contribution in [0.4, 0.5) is 41.2 Å². The van der Waals surface area contributed by atoms with Gasteiger partial charge in [0.25, 0.3) is 0 Å². The van der Waals surface area contributed by atoms with Crippen molar-refractivity contribution in [3.8, 4) is 0 Å². The third-order valence-electron chi connectivity index (χ3n) is 3.04. The van der Waals surface area contributed by atoms with E-state index in [2.05, 4.69) is 4.84 Å². The molecule has 1 aromatic rings. The molecule has 0 unspecified atom stereocenters. The molecule has 0 spiro atoms. The molecular formula is C13H10ClF7N2O3. The summed E-state index contributed by atoms with van der Waals surface area (Å²) >= 11 is 5.55. The largest absolute Gasteiger partial charge is 0.460 e. The summed E-state index contributed by atoms with van der Waals surface area (Å²) < 4.78 is 90.6. The molecule has 0 aliphatic heterocycles. The molecule has 5 nitrogen and oxygen atoms in total. The molecular weight excluding hydrogens is 401 g/mol. The van der Waals surface area contributed by atoms with Crippen molar-refractivity contribution in [3.63, 3.8) is 0 Å². The molecule has 0 saturated carbocycles. The molecule has 1 rings (SSSR count). The van der Waals surface area contributed by atoms with Crippen LogP contribution in [0.1, 0.15) is 0 Å². The van der Waals surface area contributed by atoms with Gasteiger partial charge >= 0.3 is 30.0 Å². The maximum atomic E-state index is 13.7. The number of urea groups is 1. The van der Waals surface area contributed by atoms with Gasteiger partial charge in [-0.15, -0.1) is 0 Å². The van der Waals surface area contributed by atoms with Gasteiger partial charge in [-0.25, -0.2) is 14.8 Å². The number of halogens is 8. The van der Waals surface area contributed by atoms with Crippen LogP contribution in [0.3, 0.4) is 0 Å². The first-order valence-corrected chi connectivity index (χ1v) is 6.80. The Bertz CT molecular complexity index is 679. The van der Waals surface area contributed by atoms with Crippen molar-refractivity contribution in [2.75, 3.05) is 19.1 Å². The van der Waals surface area contributed by atoms with Gasteiger partial charge in [-0.05, 0) is 24.3 Å². The number of imide groups is 1. The van der Waals surface area contributed by atoms with Crippen LogP contribution < -0.4 is 4.90 Å². The molecule has 0 saturated heterocycles. The van der Waals surface area contributed by atoms with Crippen molar-refractivity contribution in [1.29, 1.82) is 0 Å². The smallest absolute Gasteiger partial charge is 0.273 e. The molecule has 1 aromatic carbocycles. The minimum Gasteiger partial charge on any atom is -0.273 e. The number of anilines is 1. The van der Waals surface area contributed by atoms with E-state index in [9.17, 15) is 40.3 Å². The predicted molar refractivity (Wildman–Crippen MR) is 75.1 cm³/mol. The Morgan fingerprint density at radius 3 is 1.85 bits per heavy atom. The average Bonchev–Trinajstić information content (AvgIpc) is 2.54. The second kappa shape index (κ2) is 7.27. The highest BCUT2D eigenvalue weighted by Gasteiger charge is 2.77. The number of hydrogen-bond acceptors (Lipinski definition) is 3. The molecule has 0 aliphatic carbocycles. The zero-order valence-electron chi connectivity index (χ0n) is 13.0. The number of amides is 3. The quantitative estimate of drug-likeness (QED) is 0.554. The van der Waals surface area contributed by atoms with Gasteiger partial charge in [-0.2, -0.15) is 30.7 Å². The van der Waals surface area contributed by atoms with E-state index in [1.807, 2.05) is 0 Å². The first-order chi connectivity index (χ1) is 11.7. The summed E-state index contributed by atoms with van der Waals surface area (Å²) in [5.74, 6) is -16.1. The van der Waals surface area contributed by atoms with Crippen LogP contribution >= 0.6 is 11.6 Å². The van der Waals surface area contributed by atoms with Crippen molar-refractivity contribution in [2.45, 2.75) is 18.0 Å². The van der Waals surface area contributed by atoms with Gasteiger partial charge in [-0.1, -0.05) is 11.6 Å². The second-order valence-electron chi connectivity index (χ2n) is 4.73. The Hall–Kier alpha value is -2.08. The van der Waals surface area contributed by atoms with Gasteiger partial charge < -0.3 is 0 Å². The highest BCUT2D eigenvalue weighted by Crippen LogP contribution is 2.47. The lowest BCUT2D eigenvalue weighted by Crippen LogP contribution is -2.62. The van der Waals surface area contributed by atoms with E-state index in [0.717, 1.165) is 38.4 Å². The molecule has 146 valence electrons. The van der Waals surface area contributed by atoms with Crippen molar-refractivity contribution >= 4 is 29.2 Å². The molecule has 0 heterocycles. The second-order valence-corrected chi connectivity index (χ2v) is 5.16. The lowest BCUT2D eigenvalue weighted by molar-refractivity contribution is -0.343. The summed E-state index contributed by atoms with van der Waals surface area (Å²) in [6.07, 6.45) is -6.74. The number of carbonyl (C=O) groups excluding carboxylic acids is 2. The fourth-order valence-electron chi connectivity index (χ4n) is 1.58. The number of alkyl halides is 7. The van der Waals surface area contributed by atoms with Crippen LogP contribution in [0, 0.1) is 0 Å². The van der Waals surface area contributed by atoms with Crippen LogP contribution in [0.15, 0.2) is 24.3 Å². The van der Waals surface area contributed by atoms with E-state index < -0.39 is 40.5 Å². The number of hydrogen-bond donors (Lipinski definition) is 0. The predicted octanol–water partition coefficient (Wildman–Crippen LogP) is 4.12. The summed E-state index contributed by atoms with van der Waals surface area (Å²) in [6, 6.07) is 1.85. The Balaban J connectivity index is 3.49. The number of hydroxylamine groups is 2. The Labute approximate surface area is 146 Å². The topological polar surface area (TPSA) is 49.9 Å². The van der Waals surface area contributed by atoms with Gasteiger partial charge in [0.1, 0.15) is 0 Å². The van der Waals surface area contributed by atoms with Crippen molar-refractivity contribution in [1.82, 2.24) is 5.06 Å². The van der Waals surface area contributed by atoms with Crippen LogP contribution in [0.5, 0.6) is 0 Å². The summed E-state index contributed by atoms with van der Waals surface area (Å²) in [5.41, 5.74) is -0.731. The van der Waals surface area contributed by atoms with Gasteiger partial charge in [-0.3, -0.25) is 9.63 Å². The first kappa shape index (κ1) is 22.0. The van der Waals surface area contributed by atoms with Crippen molar-refractivity contribution in [2.24, 2.45) is 0 Å². The molecule has 26 heavy (non-hydrogen) atoms. The van der Waals surface area contributed by atoms with E-state index in [0.29, 0.717) is 0 Å². The molecule has 0 fully saturated rings. The monoisotopic (exact) mass is 410 g/mol. The van der Waals surface area contributed by atoms with Gasteiger partial charge in [0, 0.05) is 12.1 Å². The Kier molecular flexibility index (Phi) is 6.14. The van der Waals surface area contributed by atoms with E-state index in [-0.39, 0.29) is 10.1 Å². The lowest BCUT2D eigenvalue weighted by Gasteiger charge is -2.32. The summed E-state index contributed by atoms with van der Waals surface area (Å²) in [6.45, 7) is 0. The van der Waals surface area contributed by atoms with Gasteiger partial charge in [0.15, 0.2) is 0 Å².